The van der Waals surface area contributed by atoms with Crippen LogP contribution in [0.1, 0.15) is 18.4 Å². The number of nitro groups is 1. The number of hydrogen-bond acceptors (Lipinski definition) is 4. The van der Waals surface area contributed by atoms with Gasteiger partial charge in [0.25, 0.3) is 5.69 Å². The maximum Gasteiger partial charge on any atom is 0.273 e. The molecule has 1 aliphatic rings. The molecule has 1 aromatic carbocycles. The Morgan fingerprint density at radius 3 is 2.62 bits per heavy atom. The molecule has 0 radical (unpaired) electrons. The van der Waals surface area contributed by atoms with Gasteiger partial charge in [0.2, 0.25) is 0 Å². The number of non-ortho nitro benzene ring substituents is 1. The minimum Gasteiger partial charge on any atom is -0.493 e. The lowest BCUT2D eigenvalue weighted by atomic mass is 10.1. The van der Waals surface area contributed by atoms with Crippen LogP contribution in [0.3, 0.4) is 0 Å². The SMILES string of the molecule is COc1c(F)cc([N+](=O)[O-])cc1C1(O)CC1. The second kappa shape index (κ2) is 3.41. The standard InChI is InChI=1S/C10H10FNO4/c1-16-9-7(10(13)2-3-10)4-6(12(14)15)5-8(9)11/h4-5,13H,2-3H2,1H3. The number of hydrogen-bond donors (Lipinski definition) is 1. The molecule has 0 unspecified atom stereocenters. The maximum atomic E-state index is 13.5. The molecule has 1 saturated carbocycles. The van der Waals surface area contributed by atoms with Gasteiger partial charge in [-0.25, -0.2) is 4.39 Å². The monoisotopic (exact) mass is 227 g/mol. The number of ether oxygens (including phenoxy) is 1. The molecular weight excluding hydrogens is 217 g/mol. The lowest BCUT2D eigenvalue weighted by molar-refractivity contribution is -0.385. The maximum absolute atomic E-state index is 13.5. The topological polar surface area (TPSA) is 72.6 Å². The molecule has 0 spiro atoms. The molecule has 86 valence electrons. The Kier molecular flexibility index (Phi) is 2.31. The van der Waals surface area contributed by atoms with Crippen molar-refractivity contribution in [3.8, 4) is 5.75 Å². The number of aliphatic hydroxyl groups is 1. The summed E-state index contributed by atoms with van der Waals surface area (Å²) in [6.07, 6.45) is 0.925. The van der Waals surface area contributed by atoms with Gasteiger partial charge in [-0.05, 0) is 12.8 Å². The van der Waals surface area contributed by atoms with Crippen LogP contribution < -0.4 is 4.74 Å². The number of nitrogens with zero attached hydrogens (tertiary/aromatic N) is 1. The molecule has 1 aliphatic carbocycles. The minimum absolute atomic E-state index is 0.120. The Morgan fingerprint density at radius 1 is 1.56 bits per heavy atom. The van der Waals surface area contributed by atoms with Crippen molar-refractivity contribution < 1.29 is 19.2 Å². The highest BCUT2D eigenvalue weighted by Crippen LogP contribution is 2.50. The van der Waals surface area contributed by atoms with E-state index in [0.29, 0.717) is 12.8 Å². The van der Waals surface area contributed by atoms with Crippen molar-refractivity contribution >= 4 is 5.69 Å². The first-order valence-electron chi connectivity index (χ1n) is 4.73. The Bertz CT molecular complexity index is 456. The van der Waals surface area contributed by atoms with E-state index in [2.05, 4.69) is 0 Å². The van der Waals surface area contributed by atoms with Crippen LogP contribution in [0.4, 0.5) is 10.1 Å². The van der Waals surface area contributed by atoms with E-state index < -0.39 is 16.3 Å². The fourth-order valence-corrected chi connectivity index (χ4v) is 1.63. The van der Waals surface area contributed by atoms with E-state index in [4.69, 9.17) is 4.74 Å². The number of benzene rings is 1. The van der Waals surface area contributed by atoms with Gasteiger partial charge >= 0.3 is 0 Å². The van der Waals surface area contributed by atoms with Crippen LogP contribution in [0.2, 0.25) is 0 Å². The smallest absolute Gasteiger partial charge is 0.273 e. The molecule has 6 heteroatoms. The molecular formula is C10H10FNO4. The second-order valence-corrected chi connectivity index (χ2v) is 3.80. The summed E-state index contributed by atoms with van der Waals surface area (Å²) in [5.41, 5.74) is -1.39. The van der Waals surface area contributed by atoms with Gasteiger partial charge in [0.05, 0.1) is 23.7 Å². The minimum atomic E-state index is -1.17. The van der Waals surface area contributed by atoms with Gasteiger partial charge in [0.1, 0.15) is 0 Å². The summed E-state index contributed by atoms with van der Waals surface area (Å²) in [7, 11) is 1.26. The number of rotatable bonds is 3. The summed E-state index contributed by atoms with van der Waals surface area (Å²) in [5, 5.41) is 20.4. The van der Waals surface area contributed by atoms with Gasteiger partial charge in [0.15, 0.2) is 11.6 Å². The van der Waals surface area contributed by atoms with Crippen LogP contribution in [0.5, 0.6) is 5.75 Å². The first-order valence-corrected chi connectivity index (χ1v) is 4.73. The van der Waals surface area contributed by atoms with Crippen LogP contribution >= 0.6 is 0 Å². The van der Waals surface area contributed by atoms with E-state index in [1.54, 1.807) is 0 Å². The summed E-state index contributed by atoms with van der Waals surface area (Å²) in [6.45, 7) is 0. The van der Waals surface area contributed by atoms with Crippen molar-refractivity contribution in [3.05, 3.63) is 33.6 Å². The van der Waals surface area contributed by atoms with E-state index in [1.165, 1.54) is 7.11 Å². The van der Waals surface area contributed by atoms with Crippen LogP contribution in [0.15, 0.2) is 12.1 Å². The van der Waals surface area contributed by atoms with Crippen molar-refractivity contribution in [1.29, 1.82) is 0 Å². The number of halogens is 1. The molecule has 0 aliphatic heterocycles. The molecule has 1 fully saturated rings. The average Bonchev–Trinajstić information content (AvgIpc) is 2.96. The van der Waals surface area contributed by atoms with Gasteiger partial charge in [-0.2, -0.15) is 0 Å². The van der Waals surface area contributed by atoms with Crippen molar-refractivity contribution in [1.82, 2.24) is 0 Å². The highest BCUT2D eigenvalue weighted by atomic mass is 19.1. The summed E-state index contributed by atoms with van der Waals surface area (Å²) >= 11 is 0. The summed E-state index contributed by atoms with van der Waals surface area (Å²) in [4.78, 5) is 9.87. The third-order valence-corrected chi connectivity index (χ3v) is 2.67. The zero-order valence-electron chi connectivity index (χ0n) is 8.57. The fourth-order valence-electron chi connectivity index (χ4n) is 1.63. The third kappa shape index (κ3) is 1.61. The quantitative estimate of drug-likeness (QED) is 0.630. The molecule has 0 bridgehead atoms. The zero-order valence-corrected chi connectivity index (χ0v) is 8.57. The summed E-state index contributed by atoms with van der Waals surface area (Å²) < 4.78 is 18.3. The van der Waals surface area contributed by atoms with Crippen molar-refractivity contribution in [2.75, 3.05) is 7.11 Å². The van der Waals surface area contributed by atoms with Gasteiger partial charge < -0.3 is 9.84 Å². The largest absolute Gasteiger partial charge is 0.493 e. The number of methoxy groups -OCH3 is 1. The molecule has 0 atom stereocenters. The molecule has 5 nitrogen and oxygen atoms in total. The lowest BCUT2D eigenvalue weighted by Gasteiger charge is -2.13. The van der Waals surface area contributed by atoms with E-state index in [1.807, 2.05) is 0 Å². The molecule has 0 amide bonds. The Morgan fingerprint density at radius 2 is 2.19 bits per heavy atom. The Balaban J connectivity index is 2.59. The van der Waals surface area contributed by atoms with Crippen molar-refractivity contribution in [2.24, 2.45) is 0 Å². The highest BCUT2D eigenvalue weighted by Gasteiger charge is 2.46. The Labute approximate surface area is 90.6 Å². The van der Waals surface area contributed by atoms with Crippen molar-refractivity contribution in [3.63, 3.8) is 0 Å². The molecule has 16 heavy (non-hydrogen) atoms. The predicted octanol–water partition coefficient (Wildman–Crippen LogP) is 1.72. The molecule has 1 N–H and O–H groups in total. The summed E-state index contributed by atoms with van der Waals surface area (Å²) in [6, 6.07) is 1.95. The fraction of sp³-hybridized carbons (Fsp3) is 0.400. The van der Waals surface area contributed by atoms with Gasteiger partial charge in [-0.15, -0.1) is 0 Å². The zero-order chi connectivity index (χ0) is 11.9. The highest BCUT2D eigenvalue weighted by molar-refractivity contribution is 5.49. The first kappa shape index (κ1) is 10.8. The van der Waals surface area contributed by atoms with E-state index in [9.17, 15) is 19.6 Å². The lowest BCUT2D eigenvalue weighted by Crippen LogP contribution is -2.09. The van der Waals surface area contributed by atoms with E-state index in [-0.39, 0.29) is 17.0 Å². The molecule has 1 aromatic rings. The summed E-state index contributed by atoms with van der Waals surface area (Å²) in [5.74, 6) is -0.947. The second-order valence-electron chi connectivity index (χ2n) is 3.80. The van der Waals surface area contributed by atoms with Crippen LogP contribution in [-0.2, 0) is 5.60 Å². The van der Waals surface area contributed by atoms with Gasteiger partial charge in [-0.1, -0.05) is 0 Å². The molecule has 2 rings (SSSR count). The predicted molar refractivity (Wildman–Crippen MR) is 52.7 cm³/mol. The van der Waals surface area contributed by atoms with Crippen LogP contribution in [-0.4, -0.2) is 17.1 Å². The van der Waals surface area contributed by atoms with Crippen molar-refractivity contribution in [2.45, 2.75) is 18.4 Å². The van der Waals surface area contributed by atoms with Gasteiger partial charge in [0, 0.05) is 11.6 Å². The van der Waals surface area contributed by atoms with E-state index in [0.717, 1.165) is 12.1 Å². The molecule has 0 heterocycles. The third-order valence-electron chi connectivity index (χ3n) is 2.67. The Hall–Kier alpha value is -1.69. The average molecular weight is 227 g/mol. The molecule has 0 saturated heterocycles. The normalized spacial score (nSPS) is 16.9. The first-order chi connectivity index (χ1) is 7.48. The van der Waals surface area contributed by atoms with E-state index >= 15 is 0 Å². The van der Waals surface area contributed by atoms with Crippen LogP contribution in [0, 0.1) is 15.9 Å². The molecule has 0 aromatic heterocycles. The van der Waals surface area contributed by atoms with Crippen LogP contribution in [0.25, 0.3) is 0 Å². The number of nitro benzene ring substituents is 1. The van der Waals surface area contributed by atoms with Gasteiger partial charge in [-0.3, -0.25) is 10.1 Å².